The number of carbonyl (C=O) groups is 2. The van der Waals surface area contributed by atoms with E-state index in [1.807, 2.05) is 0 Å². The van der Waals surface area contributed by atoms with Crippen molar-refractivity contribution in [2.45, 2.75) is 63.8 Å². The summed E-state index contributed by atoms with van der Waals surface area (Å²) in [6, 6.07) is -0.566. The largest absolute Gasteiger partial charge is 0.480 e. The van der Waals surface area contributed by atoms with Gasteiger partial charge in [0, 0.05) is 12.5 Å². The minimum atomic E-state index is -0.826. The van der Waals surface area contributed by atoms with Gasteiger partial charge in [-0.25, -0.2) is 4.79 Å². The fourth-order valence-corrected chi connectivity index (χ4v) is 4.25. The Hall–Kier alpha value is -1.06. The highest BCUT2D eigenvalue weighted by Crippen LogP contribution is 2.50. The molecule has 0 bridgehead atoms. The zero-order chi connectivity index (χ0) is 14.1. The lowest BCUT2D eigenvalue weighted by Crippen LogP contribution is -2.48. The molecule has 2 saturated carbocycles. The summed E-state index contributed by atoms with van der Waals surface area (Å²) in [4.78, 5) is 25.6. The summed E-state index contributed by atoms with van der Waals surface area (Å²) >= 11 is 0. The molecule has 0 aromatic carbocycles. The highest BCUT2D eigenvalue weighted by molar-refractivity contribution is 5.87. The normalized spacial score (nSPS) is 34.8. The van der Waals surface area contributed by atoms with Crippen LogP contribution in [0.5, 0.6) is 0 Å². The summed E-state index contributed by atoms with van der Waals surface area (Å²) in [6.07, 6.45) is 10.0. The van der Waals surface area contributed by atoms with Gasteiger partial charge in [-0.3, -0.25) is 4.79 Å². The van der Waals surface area contributed by atoms with Crippen molar-refractivity contribution in [1.29, 1.82) is 0 Å². The Balaban J connectivity index is 1.60. The molecular weight excluding hydrogens is 254 g/mol. The quantitative estimate of drug-likeness (QED) is 0.864. The summed E-state index contributed by atoms with van der Waals surface area (Å²) in [7, 11) is 0. The number of likely N-dealkylation sites (tertiary alicyclic amines) is 1. The molecule has 1 amide bonds. The molecule has 1 saturated heterocycles. The van der Waals surface area contributed by atoms with Crippen LogP contribution < -0.4 is 0 Å². The van der Waals surface area contributed by atoms with E-state index in [0.29, 0.717) is 18.9 Å². The third-order valence-electron chi connectivity index (χ3n) is 5.48. The summed E-state index contributed by atoms with van der Waals surface area (Å²) in [6.45, 7) is 0.643. The van der Waals surface area contributed by atoms with Gasteiger partial charge in [0.25, 0.3) is 0 Å². The highest BCUT2D eigenvalue weighted by atomic mass is 16.4. The molecule has 0 spiro atoms. The van der Waals surface area contributed by atoms with E-state index in [1.54, 1.807) is 4.90 Å². The van der Waals surface area contributed by atoms with Crippen LogP contribution in [0, 0.1) is 17.8 Å². The number of carboxylic acid groups (broad SMARTS) is 1. The van der Waals surface area contributed by atoms with Crippen molar-refractivity contribution in [2.24, 2.45) is 17.8 Å². The van der Waals surface area contributed by atoms with Gasteiger partial charge in [-0.15, -0.1) is 0 Å². The Morgan fingerprint density at radius 2 is 1.65 bits per heavy atom. The zero-order valence-corrected chi connectivity index (χ0v) is 12.1. The van der Waals surface area contributed by atoms with Crippen LogP contribution in [-0.2, 0) is 9.59 Å². The lowest BCUT2D eigenvalue weighted by Gasteiger charge is -2.33. The number of rotatable bonds is 3. The van der Waals surface area contributed by atoms with E-state index in [4.69, 9.17) is 0 Å². The van der Waals surface area contributed by atoms with Crippen molar-refractivity contribution in [3.63, 3.8) is 0 Å². The topological polar surface area (TPSA) is 57.6 Å². The number of nitrogens with zero attached hydrogens (tertiary/aromatic N) is 1. The van der Waals surface area contributed by atoms with Crippen LogP contribution in [-0.4, -0.2) is 34.5 Å². The molecule has 4 nitrogen and oxygen atoms in total. The predicted molar refractivity (Wildman–Crippen MR) is 75.2 cm³/mol. The minimum absolute atomic E-state index is 0.132. The van der Waals surface area contributed by atoms with E-state index < -0.39 is 12.0 Å². The molecule has 3 rings (SSSR count). The number of carbonyl (C=O) groups excluding carboxylic acids is 1. The zero-order valence-electron chi connectivity index (χ0n) is 12.1. The molecule has 3 unspecified atom stereocenters. The van der Waals surface area contributed by atoms with Gasteiger partial charge in [0.05, 0.1) is 0 Å². The van der Waals surface area contributed by atoms with Crippen LogP contribution >= 0.6 is 0 Å². The van der Waals surface area contributed by atoms with Gasteiger partial charge in [0.1, 0.15) is 6.04 Å². The molecule has 2 aliphatic carbocycles. The molecule has 1 aliphatic heterocycles. The molecule has 4 heteroatoms. The molecule has 1 heterocycles. The van der Waals surface area contributed by atoms with Gasteiger partial charge in [-0.05, 0) is 37.5 Å². The Kier molecular flexibility index (Phi) is 3.99. The van der Waals surface area contributed by atoms with Crippen molar-refractivity contribution in [3.8, 4) is 0 Å². The lowest BCUT2D eigenvalue weighted by atomic mass is 9.85. The SMILES string of the molecule is O=C(O)C1CCCCN1C(=O)C1CC1C1CCCCC1. The maximum Gasteiger partial charge on any atom is 0.326 e. The van der Waals surface area contributed by atoms with E-state index in [-0.39, 0.29) is 11.8 Å². The summed E-state index contributed by atoms with van der Waals surface area (Å²) in [5.74, 6) is 0.726. The van der Waals surface area contributed by atoms with Crippen LogP contribution in [0.25, 0.3) is 0 Å². The fourth-order valence-electron chi connectivity index (χ4n) is 4.25. The molecule has 1 N–H and O–H groups in total. The Labute approximate surface area is 120 Å². The van der Waals surface area contributed by atoms with Gasteiger partial charge in [-0.2, -0.15) is 0 Å². The molecule has 3 atom stereocenters. The number of piperidine rings is 1. The monoisotopic (exact) mass is 279 g/mol. The maximum absolute atomic E-state index is 12.6. The first kappa shape index (κ1) is 13.9. The number of hydrogen-bond acceptors (Lipinski definition) is 2. The second kappa shape index (κ2) is 5.74. The Bertz CT molecular complexity index is 389. The molecule has 3 fully saturated rings. The van der Waals surface area contributed by atoms with Crippen LogP contribution in [0.1, 0.15) is 57.8 Å². The van der Waals surface area contributed by atoms with E-state index in [0.717, 1.165) is 25.2 Å². The number of aliphatic carboxylic acids is 1. The lowest BCUT2D eigenvalue weighted by molar-refractivity contribution is -0.152. The van der Waals surface area contributed by atoms with E-state index in [1.165, 1.54) is 32.1 Å². The predicted octanol–water partition coefficient (Wildman–Crippen LogP) is 2.67. The van der Waals surface area contributed by atoms with Crippen LogP contribution in [0.3, 0.4) is 0 Å². The summed E-state index contributed by atoms with van der Waals surface area (Å²) in [5, 5.41) is 9.28. The van der Waals surface area contributed by atoms with Crippen molar-refractivity contribution in [2.75, 3.05) is 6.54 Å². The van der Waals surface area contributed by atoms with Gasteiger partial charge in [-0.1, -0.05) is 32.1 Å². The minimum Gasteiger partial charge on any atom is -0.480 e. The third-order valence-corrected chi connectivity index (χ3v) is 5.48. The first-order chi connectivity index (χ1) is 9.68. The highest BCUT2D eigenvalue weighted by Gasteiger charge is 2.50. The van der Waals surface area contributed by atoms with E-state index in [2.05, 4.69) is 0 Å². The third kappa shape index (κ3) is 2.70. The smallest absolute Gasteiger partial charge is 0.326 e. The first-order valence-electron chi connectivity index (χ1n) is 8.22. The van der Waals surface area contributed by atoms with Crippen molar-refractivity contribution >= 4 is 11.9 Å². The number of hydrogen-bond donors (Lipinski definition) is 1. The molecule has 3 aliphatic rings. The fraction of sp³-hybridized carbons (Fsp3) is 0.875. The van der Waals surface area contributed by atoms with E-state index >= 15 is 0 Å². The molecule has 112 valence electrons. The van der Waals surface area contributed by atoms with Crippen molar-refractivity contribution in [3.05, 3.63) is 0 Å². The standard InChI is InChI=1S/C16H25NO3/c18-15(17-9-5-4-8-14(17)16(19)20)13-10-12(13)11-6-2-1-3-7-11/h11-14H,1-10H2,(H,19,20). The van der Waals surface area contributed by atoms with Crippen molar-refractivity contribution in [1.82, 2.24) is 4.90 Å². The molecule has 0 radical (unpaired) electrons. The molecule has 0 aromatic heterocycles. The van der Waals surface area contributed by atoms with Crippen LogP contribution in [0.15, 0.2) is 0 Å². The average Bonchev–Trinajstić information content (AvgIpc) is 3.28. The van der Waals surface area contributed by atoms with Gasteiger partial charge >= 0.3 is 5.97 Å². The van der Waals surface area contributed by atoms with E-state index in [9.17, 15) is 14.7 Å². The van der Waals surface area contributed by atoms with Crippen LogP contribution in [0.4, 0.5) is 0 Å². The van der Waals surface area contributed by atoms with Gasteiger partial charge in [0.2, 0.25) is 5.91 Å². The molecular formula is C16H25NO3. The van der Waals surface area contributed by atoms with Gasteiger partial charge in [0.15, 0.2) is 0 Å². The maximum atomic E-state index is 12.6. The summed E-state index contributed by atoms with van der Waals surface area (Å²) in [5.41, 5.74) is 0. The summed E-state index contributed by atoms with van der Waals surface area (Å²) < 4.78 is 0. The van der Waals surface area contributed by atoms with Gasteiger partial charge < -0.3 is 10.0 Å². The molecule has 20 heavy (non-hydrogen) atoms. The average molecular weight is 279 g/mol. The van der Waals surface area contributed by atoms with Crippen molar-refractivity contribution < 1.29 is 14.7 Å². The Morgan fingerprint density at radius 1 is 0.950 bits per heavy atom. The second-order valence-corrected chi connectivity index (χ2v) is 6.79. The molecule has 0 aromatic rings. The second-order valence-electron chi connectivity index (χ2n) is 6.79. The Morgan fingerprint density at radius 3 is 2.35 bits per heavy atom. The number of amides is 1. The first-order valence-corrected chi connectivity index (χ1v) is 8.22. The number of carboxylic acids is 1. The van der Waals surface area contributed by atoms with Crippen LogP contribution in [0.2, 0.25) is 0 Å².